The van der Waals surface area contributed by atoms with Crippen LogP contribution in [0.4, 0.5) is 16.2 Å². The number of anilines is 2. The standard InChI is InChI=1S/C14H18N2O4/c1-14(2,3)20-13(19)16-7-6-8-10(16)5-4-9(11(8)15)12(17)18/h4-5H,6-7,15H2,1-3H3,(H,17,18). The van der Waals surface area contributed by atoms with E-state index < -0.39 is 17.7 Å². The van der Waals surface area contributed by atoms with Gasteiger partial charge in [-0.25, -0.2) is 9.59 Å². The number of ether oxygens (including phenoxy) is 1. The van der Waals surface area contributed by atoms with Crippen LogP contribution in [0.1, 0.15) is 36.7 Å². The zero-order valence-corrected chi connectivity index (χ0v) is 11.8. The monoisotopic (exact) mass is 278 g/mol. The first-order valence-electron chi connectivity index (χ1n) is 6.36. The summed E-state index contributed by atoms with van der Waals surface area (Å²) < 4.78 is 5.33. The molecule has 1 aromatic carbocycles. The summed E-state index contributed by atoms with van der Waals surface area (Å²) in [5.41, 5.74) is 6.89. The Morgan fingerprint density at radius 1 is 1.35 bits per heavy atom. The van der Waals surface area contributed by atoms with Crippen LogP contribution < -0.4 is 10.6 Å². The molecule has 0 fully saturated rings. The molecule has 0 aromatic heterocycles. The van der Waals surface area contributed by atoms with Gasteiger partial charge in [-0.15, -0.1) is 0 Å². The SMILES string of the molecule is CC(C)(C)OC(=O)N1CCc2c1ccc(C(=O)O)c2N. The molecule has 0 atom stereocenters. The summed E-state index contributed by atoms with van der Waals surface area (Å²) in [7, 11) is 0. The Morgan fingerprint density at radius 3 is 2.55 bits per heavy atom. The lowest BCUT2D eigenvalue weighted by Crippen LogP contribution is -2.35. The smallest absolute Gasteiger partial charge is 0.414 e. The van der Waals surface area contributed by atoms with Crippen LogP contribution in [0.15, 0.2) is 12.1 Å². The highest BCUT2D eigenvalue weighted by molar-refractivity contribution is 5.99. The summed E-state index contributed by atoms with van der Waals surface area (Å²) >= 11 is 0. The van der Waals surface area contributed by atoms with Crippen molar-refractivity contribution < 1.29 is 19.4 Å². The largest absolute Gasteiger partial charge is 0.478 e. The average molecular weight is 278 g/mol. The molecule has 1 heterocycles. The first kappa shape index (κ1) is 14.2. The van der Waals surface area contributed by atoms with Crippen molar-refractivity contribution in [2.24, 2.45) is 0 Å². The number of nitrogen functional groups attached to an aromatic ring is 1. The van der Waals surface area contributed by atoms with Gasteiger partial charge in [-0.2, -0.15) is 0 Å². The van der Waals surface area contributed by atoms with E-state index in [1.165, 1.54) is 11.0 Å². The zero-order chi connectivity index (χ0) is 15.1. The van der Waals surface area contributed by atoms with Crippen molar-refractivity contribution in [1.29, 1.82) is 0 Å². The maximum Gasteiger partial charge on any atom is 0.414 e. The van der Waals surface area contributed by atoms with Gasteiger partial charge in [-0.05, 0) is 39.3 Å². The van der Waals surface area contributed by atoms with E-state index in [2.05, 4.69) is 0 Å². The minimum Gasteiger partial charge on any atom is -0.478 e. The van der Waals surface area contributed by atoms with Crippen molar-refractivity contribution in [2.75, 3.05) is 17.2 Å². The molecule has 0 saturated carbocycles. The molecule has 0 bridgehead atoms. The molecule has 20 heavy (non-hydrogen) atoms. The van der Waals surface area contributed by atoms with Crippen molar-refractivity contribution >= 4 is 23.4 Å². The molecule has 0 unspecified atom stereocenters. The summed E-state index contributed by atoms with van der Waals surface area (Å²) in [6.45, 7) is 5.83. The number of aromatic carboxylic acids is 1. The molecule has 0 radical (unpaired) electrons. The minimum atomic E-state index is -1.07. The molecule has 1 aromatic rings. The lowest BCUT2D eigenvalue weighted by molar-refractivity contribution is 0.0583. The van der Waals surface area contributed by atoms with Gasteiger partial charge in [0.05, 0.1) is 16.9 Å². The molecule has 1 aliphatic heterocycles. The third kappa shape index (κ3) is 2.54. The number of hydrogen-bond acceptors (Lipinski definition) is 4. The van der Waals surface area contributed by atoms with Crippen LogP contribution in [0.5, 0.6) is 0 Å². The van der Waals surface area contributed by atoms with Crippen LogP contribution in [0.2, 0.25) is 0 Å². The zero-order valence-electron chi connectivity index (χ0n) is 11.8. The number of benzene rings is 1. The quantitative estimate of drug-likeness (QED) is 0.769. The first-order chi connectivity index (χ1) is 9.20. The predicted molar refractivity (Wildman–Crippen MR) is 75.1 cm³/mol. The van der Waals surface area contributed by atoms with Gasteiger partial charge < -0.3 is 15.6 Å². The summed E-state index contributed by atoms with van der Waals surface area (Å²) in [6.07, 6.45) is 0.0837. The van der Waals surface area contributed by atoms with Gasteiger partial charge in [-0.3, -0.25) is 4.90 Å². The predicted octanol–water partition coefficient (Wildman–Crippen LogP) is 2.26. The van der Waals surface area contributed by atoms with E-state index in [0.29, 0.717) is 24.2 Å². The molecule has 0 saturated heterocycles. The number of rotatable bonds is 1. The summed E-state index contributed by atoms with van der Waals surface area (Å²) in [5.74, 6) is -1.07. The topological polar surface area (TPSA) is 92.9 Å². The molecular formula is C14H18N2O4. The molecule has 1 amide bonds. The average Bonchev–Trinajstić information content (AvgIpc) is 2.71. The van der Waals surface area contributed by atoms with Gasteiger partial charge in [0.2, 0.25) is 0 Å². The Balaban J connectivity index is 2.33. The van der Waals surface area contributed by atoms with Crippen LogP contribution in [0.25, 0.3) is 0 Å². The van der Waals surface area contributed by atoms with E-state index >= 15 is 0 Å². The van der Waals surface area contributed by atoms with Crippen molar-refractivity contribution in [3.8, 4) is 0 Å². The number of amides is 1. The number of hydrogen-bond donors (Lipinski definition) is 2. The van der Waals surface area contributed by atoms with Crippen LogP contribution in [0.3, 0.4) is 0 Å². The van der Waals surface area contributed by atoms with Gasteiger partial charge in [0.1, 0.15) is 5.60 Å². The second kappa shape index (κ2) is 4.70. The summed E-state index contributed by atoms with van der Waals surface area (Å²) in [6, 6.07) is 3.02. The van der Waals surface area contributed by atoms with Gasteiger partial charge in [-0.1, -0.05) is 0 Å². The Kier molecular flexibility index (Phi) is 3.33. The molecule has 6 heteroatoms. The van der Waals surface area contributed by atoms with Crippen molar-refractivity contribution in [3.63, 3.8) is 0 Å². The van der Waals surface area contributed by atoms with E-state index in [0.717, 1.165) is 0 Å². The van der Waals surface area contributed by atoms with Crippen LogP contribution in [-0.4, -0.2) is 29.3 Å². The number of nitrogens with zero attached hydrogens (tertiary/aromatic N) is 1. The molecule has 108 valence electrons. The van der Waals surface area contributed by atoms with Gasteiger partial charge >= 0.3 is 12.1 Å². The molecule has 3 N–H and O–H groups in total. The van der Waals surface area contributed by atoms with Crippen molar-refractivity contribution in [3.05, 3.63) is 23.3 Å². The van der Waals surface area contributed by atoms with Crippen molar-refractivity contribution in [2.45, 2.75) is 32.8 Å². The van der Waals surface area contributed by atoms with E-state index in [9.17, 15) is 9.59 Å². The fraction of sp³-hybridized carbons (Fsp3) is 0.429. The lowest BCUT2D eigenvalue weighted by Gasteiger charge is -2.24. The summed E-state index contributed by atoms with van der Waals surface area (Å²) in [5, 5.41) is 9.04. The van der Waals surface area contributed by atoms with Crippen molar-refractivity contribution in [1.82, 2.24) is 0 Å². The van der Waals surface area contributed by atoms with Gasteiger partial charge in [0, 0.05) is 12.1 Å². The van der Waals surface area contributed by atoms with Crippen LogP contribution in [0, 0.1) is 0 Å². The second-order valence-corrected chi connectivity index (χ2v) is 5.71. The fourth-order valence-electron chi connectivity index (χ4n) is 2.21. The lowest BCUT2D eigenvalue weighted by atomic mass is 10.1. The van der Waals surface area contributed by atoms with Crippen LogP contribution >= 0.6 is 0 Å². The number of fused-ring (bicyclic) bond motifs is 1. The highest BCUT2D eigenvalue weighted by Gasteiger charge is 2.31. The van der Waals surface area contributed by atoms with Gasteiger partial charge in [0.15, 0.2) is 0 Å². The minimum absolute atomic E-state index is 0.0646. The number of carboxylic acid groups (broad SMARTS) is 1. The molecular weight excluding hydrogens is 260 g/mol. The number of carboxylic acids is 1. The first-order valence-corrected chi connectivity index (χ1v) is 6.36. The third-order valence-corrected chi connectivity index (χ3v) is 3.05. The van der Waals surface area contributed by atoms with E-state index in [1.807, 2.05) is 0 Å². The summed E-state index contributed by atoms with van der Waals surface area (Å²) in [4.78, 5) is 24.6. The number of carbonyl (C=O) groups is 2. The maximum atomic E-state index is 12.1. The highest BCUT2D eigenvalue weighted by Crippen LogP contribution is 2.35. The Hall–Kier alpha value is -2.24. The molecule has 0 aliphatic carbocycles. The van der Waals surface area contributed by atoms with Crippen LogP contribution in [-0.2, 0) is 11.2 Å². The second-order valence-electron chi connectivity index (χ2n) is 5.71. The normalized spacial score (nSPS) is 14.1. The fourth-order valence-corrected chi connectivity index (χ4v) is 2.21. The number of nitrogens with two attached hydrogens (primary N) is 1. The molecule has 2 rings (SSSR count). The Morgan fingerprint density at radius 2 is 2.00 bits per heavy atom. The van der Waals surface area contributed by atoms with E-state index in [1.54, 1.807) is 26.8 Å². The highest BCUT2D eigenvalue weighted by atomic mass is 16.6. The molecule has 1 aliphatic rings. The van der Waals surface area contributed by atoms with Gasteiger partial charge in [0.25, 0.3) is 0 Å². The maximum absolute atomic E-state index is 12.1. The Labute approximate surface area is 117 Å². The molecule has 6 nitrogen and oxygen atoms in total. The van der Waals surface area contributed by atoms with E-state index in [4.69, 9.17) is 15.6 Å². The Bertz CT molecular complexity index is 575. The third-order valence-electron chi connectivity index (χ3n) is 3.05. The number of carbonyl (C=O) groups excluding carboxylic acids is 1. The molecule has 0 spiro atoms. The van der Waals surface area contributed by atoms with E-state index in [-0.39, 0.29) is 11.3 Å².